The highest BCUT2D eigenvalue weighted by Crippen LogP contribution is 2.33. The smallest absolute Gasteiger partial charge is 0.125 e. The highest BCUT2D eigenvalue weighted by Gasteiger charge is 2.16. The van der Waals surface area contributed by atoms with Crippen molar-refractivity contribution in [3.63, 3.8) is 0 Å². The molecule has 0 saturated carbocycles. The van der Waals surface area contributed by atoms with Gasteiger partial charge in [-0.1, -0.05) is 47.5 Å². The van der Waals surface area contributed by atoms with Gasteiger partial charge >= 0.3 is 0 Å². The van der Waals surface area contributed by atoms with Crippen LogP contribution in [0.2, 0.25) is 10.0 Å². The van der Waals surface area contributed by atoms with Crippen molar-refractivity contribution >= 4 is 23.2 Å². The van der Waals surface area contributed by atoms with Crippen molar-refractivity contribution < 1.29 is 4.74 Å². The van der Waals surface area contributed by atoms with Crippen molar-refractivity contribution in [2.45, 2.75) is 6.04 Å². The van der Waals surface area contributed by atoms with Crippen LogP contribution < -0.4 is 10.5 Å². The topological polar surface area (TPSA) is 35.2 Å². The first kappa shape index (κ1) is 13.2. The number of hydrogen-bond donors (Lipinski definition) is 1. The minimum absolute atomic E-state index is 0.342. The molecule has 2 rings (SSSR count). The van der Waals surface area contributed by atoms with Gasteiger partial charge in [0.05, 0.1) is 13.2 Å². The minimum Gasteiger partial charge on any atom is -0.496 e. The summed E-state index contributed by atoms with van der Waals surface area (Å²) < 4.78 is 5.30. The summed E-state index contributed by atoms with van der Waals surface area (Å²) in [4.78, 5) is 0. The molecule has 1 atom stereocenters. The molecule has 0 aliphatic heterocycles. The van der Waals surface area contributed by atoms with E-state index >= 15 is 0 Å². The molecule has 0 aliphatic rings. The number of nitrogens with two attached hydrogens (primary N) is 1. The molecule has 0 radical (unpaired) electrons. The van der Waals surface area contributed by atoms with Crippen LogP contribution in [0.4, 0.5) is 0 Å². The van der Waals surface area contributed by atoms with Crippen molar-refractivity contribution in [3.8, 4) is 5.75 Å². The normalized spacial score (nSPS) is 12.2. The Morgan fingerprint density at radius 1 is 1.06 bits per heavy atom. The Labute approximate surface area is 116 Å². The summed E-state index contributed by atoms with van der Waals surface area (Å²) in [6.45, 7) is 0. The van der Waals surface area contributed by atoms with Gasteiger partial charge in [-0.25, -0.2) is 0 Å². The van der Waals surface area contributed by atoms with Gasteiger partial charge in [-0.15, -0.1) is 0 Å². The van der Waals surface area contributed by atoms with Gasteiger partial charge in [0.2, 0.25) is 0 Å². The van der Waals surface area contributed by atoms with Crippen molar-refractivity contribution in [1.82, 2.24) is 0 Å². The molecule has 0 heterocycles. The Kier molecular flexibility index (Phi) is 4.12. The number of halogens is 2. The summed E-state index contributed by atoms with van der Waals surface area (Å²) in [5, 5.41) is 1.25. The number of hydrogen-bond acceptors (Lipinski definition) is 2. The molecule has 2 nitrogen and oxygen atoms in total. The van der Waals surface area contributed by atoms with Gasteiger partial charge in [0.25, 0.3) is 0 Å². The summed E-state index contributed by atoms with van der Waals surface area (Å²) in [5.74, 6) is 0.662. The highest BCUT2D eigenvalue weighted by molar-refractivity contribution is 6.31. The van der Waals surface area contributed by atoms with Gasteiger partial charge in [0, 0.05) is 15.6 Å². The maximum atomic E-state index is 6.24. The van der Waals surface area contributed by atoms with Gasteiger partial charge in [0.1, 0.15) is 5.75 Å². The van der Waals surface area contributed by atoms with Crippen LogP contribution in [0, 0.1) is 0 Å². The second-order valence-electron chi connectivity index (χ2n) is 3.89. The monoisotopic (exact) mass is 281 g/mol. The zero-order chi connectivity index (χ0) is 13.1. The molecule has 0 amide bonds. The number of methoxy groups -OCH3 is 1. The lowest BCUT2D eigenvalue weighted by molar-refractivity contribution is 0.408. The molecule has 0 spiro atoms. The van der Waals surface area contributed by atoms with Gasteiger partial charge in [-0.05, 0) is 23.8 Å². The SMILES string of the molecule is COc1cc(Cl)ccc1C(N)c1ccccc1Cl. The van der Waals surface area contributed by atoms with Gasteiger partial charge in [-0.2, -0.15) is 0 Å². The van der Waals surface area contributed by atoms with Gasteiger partial charge in [-0.3, -0.25) is 0 Å². The molecule has 0 aliphatic carbocycles. The summed E-state index contributed by atoms with van der Waals surface area (Å²) in [6.07, 6.45) is 0. The first-order valence-electron chi connectivity index (χ1n) is 5.47. The largest absolute Gasteiger partial charge is 0.496 e. The summed E-state index contributed by atoms with van der Waals surface area (Å²) >= 11 is 12.1. The first-order chi connectivity index (χ1) is 8.63. The summed E-state index contributed by atoms with van der Waals surface area (Å²) in [6, 6.07) is 12.5. The van der Waals surface area contributed by atoms with E-state index in [4.69, 9.17) is 33.7 Å². The second kappa shape index (κ2) is 5.61. The van der Waals surface area contributed by atoms with Crippen molar-refractivity contribution in [2.75, 3.05) is 7.11 Å². The third-order valence-corrected chi connectivity index (χ3v) is 3.35. The standard InChI is InChI=1S/C14H13Cl2NO/c1-18-13-8-9(15)6-7-11(13)14(17)10-4-2-3-5-12(10)16/h2-8,14H,17H2,1H3. The third kappa shape index (κ3) is 2.61. The van der Waals surface area contributed by atoms with Crippen LogP contribution in [0.15, 0.2) is 42.5 Å². The van der Waals surface area contributed by atoms with Gasteiger partial charge in [0.15, 0.2) is 0 Å². The molecule has 0 fully saturated rings. The molecule has 4 heteroatoms. The molecular weight excluding hydrogens is 269 g/mol. The van der Waals surface area contributed by atoms with E-state index in [2.05, 4.69) is 0 Å². The van der Waals surface area contributed by atoms with Crippen molar-refractivity contribution in [1.29, 1.82) is 0 Å². The molecule has 0 aromatic heterocycles. The Hall–Kier alpha value is -1.22. The molecule has 1 unspecified atom stereocenters. The van der Waals surface area contributed by atoms with Crippen LogP contribution in [0.25, 0.3) is 0 Å². The van der Waals surface area contributed by atoms with Crippen LogP contribution in [-0.4, -0.2) is 7.11 Å². The molecule has 0 bridgehead atoms. The van der Waals surface area contributed by atoms with E-state index < -0.39 is 0 Å². The molecule has 2 aromatic rings. The molecular formula is C14H13Cl2NO. The molecule has 2 aromatic carbocycles. The number of ether oxygens (including phenoxy) is 1. The number of benzene rings is 2. The average Bonchev–Trinajstić information content (AvgIpc) is 2.38. The fraction of sp³-hybridized carbons (Fsp3) is 0.143. The fourth-order valence-corrected chi connectivity index (χ4v) is 2.25. The Bertz CT molecular complexity index is 557. The van der Waals surface area contributed by atoms with E-state index in [1.54, 1.807) is 19.2 Å². The van der Waals surface area contributed by atoms with Crippen molar-refractivity contribution in [3.05, 3.63) is 63.6 Å². The lowest BCUT2D eigenvalue weighted by Crippen LogP contribution is -2.13. The van der Waals surface area contributed by atoms with E-state index in [0.717, 1.165) is 11.1 Å². The van der Waals surface area contributed by atoms with Crippen LogP contribution in [0.5, 0.6) is 5.75 Å². The highest BCUT2D eigenvalue weighted by atomic mass is 35.5. The summed E-state index contributed by atoms with van der Waals surface area (Å²) in [7, 11) is 1.59. The maximum absolute atomic E-state index is 6.24. The van der Waals surface area contributed by atoms with E-state index in [9.17, 15) is 0 Å². The predicted molar refractivity (Wildman–Crippen MR) is 75.5 cm³/mol. The van der Waals surface area contributed by atoms with E-state index in [1.165, 1.54) is 0 Å². The molecule has 2 N–H and O–H groups in total. The Balaban J connectivity index is 2.46. The van der Waals surface area contributed by atoms with Crippen LogP contribution in [-0.2, 0) is 0 Å². The maximum Gasteiger partial charge on any atom is 0.125 e. The Morgan fingerprint density at radius 3 is 2.44 bits per heavy atom. The lowest BCUT2D eigenvalue weighted by atomic mass is 9.99. The molecule has 18 heavy (non-hydrogen) atoms. The van der Waals surface area contributed by atoms with Gasteiger partial charge < -0.3 is 10.5 Å². The zero-order valence-electron chi connectivity index (χ0n) is 9.86. The predicted octanol–water partition coefficient (Wildman–Crippen LogP) is 4.05. The van der Waals surface area contributed by atoms with E-state index in [0.29, 0.717) is 15.8 Å². The van der Waals surface area contributed by atoms with Crippen LogP contribution in [0.3, 0.4) is 0 Å². The number of rotatable bonds is 3. The second-order valence-corrected chi connectivity index (χ2v) is 4.73. The quantitative estimate of drug-likeness (QED) is 0.921. The molecule has 94 valence electrons. The van der Waals surface area contributed by atoms with E-state index in [1.807, 2.05) is 30.3 Å². The van der Waals surface area contributed by atoms with E-state index in [-0.39, 0.29) is 6.04 Å². The van der Waals surface area contributed by atoms with Crippen LogP contribution in [0.1, 0.15) is 17.2 Å². The zero-order valence-corrected chi connectivity index (χ0v) is 11.4. The first-order valence-corrected chi connectivity index (χ1v) is 6.22. The third-order valence-electron chi connectivity index (χ3n) is 2.77. The lowest BCUT2D eigenvalue weighted by Gasteiger charge is -2.17. The fourth-order valence-electron chi connectivity index (χ4n) is 1.84. The van der Waals surface area contributed by atoms with Crippen molar-refractivity contribution in [2.24, 2.45) is 5.73 Å². The van der Waals surface area contributed by atoms with Crippen LogP contribution >= 0.6 is 23.2 Å². The summed E-state index contributed by atoms with van der Waals surface area (Å²) in [5.41, 5.74) is 7.95. The Morgan fingerprint density at radius 2 is 1.78 bits per heavy atom. The minimum atomic E-state index is -0.342. The average molecular weight is 282 g/mol. The molecule has 0 saturated heterocycles.